The number of aryl methyl sites for hydroxylation is 1. The van der Waals surface area contributed by atoms with Gasteiger partial charge in [0.15, 0.2) is 5.96 Å². The van der Waals surface area contributed by atoms with Crippen molar-refractivity contribution in [1.82, 2.24) is 25.3 Å². The Bertz CT molecular complexity index is 614. The van der Waals surface area contributed by atoms with E-state index in [1.807, 2.05) is 20.2 Å². The van der Waals surface area contributed by atoms with Crippen LogP contribution in [0.4, 0.5) is 0 Å². The summed E-state index contributed by atoms with van der Waals surface area (Å²) in [5.74, 6) is 1.36. The number of aromatic nitrogens is 2. The third-order valence-electron chi connectivity index (χ3n) is 5.03. The Morgan fingerprint density at radius 1 is 1.34 bits per heavy atom. The van der Waals surface area contributed by atoms with Crippen molar-refractivity contribution in [2.75, 3.05) is 45.9 Å². The minimum absolute atomic E-state index is 0. The number of morpholine rings is 1. The van der Waals surface area contributed by atoms with Gasteiger partial charge in [-0.3, -0.25) is 9.58 Å². The molecule has 0 spiro atoms. The number of rotatable bonds is 9. The van der Waals surface area contributed by atoms with Crippen molar-refractivity contribution in [3.63, 3.8) is 0 Å². The van der Waals surface area contributed by atoms with E-state index in [1.165, 1.54) is 0 Å². The molecule has 168 valence electrons. The van der Waals surface area contributed by atoms with E-state index >= 15 is 0 Å². The fourth-order valence-electron chi connectivity index (χ4n) is 3.43. The van der Waals surface area contributed by atoms with Crippen molar-refractivity contribution < 1.29 is 9.84 Å². The lowest BCUT2D eigenvalue weighted by atomic mass is 10.0. The summed E-state index contributed by atoms with van der Waals surface area (Å²) in [4.78, 5) is 7.14. The molecule has 2 rings (SSSR count). The van der Waals surface area contributed by atoms with Gasteiger partial charge in [-0.25, -0.2) is 4.99 Å². The molecule has 0 aliphatic carbocycles. The molecule has 29 heavy (non-hydrogen) atoms. The summed E-state index contributed by atoms with van der Waals surface area (Å²) >= 11 is 0. The molecule has 1 saturated heterocycles. The van der Waals surface area contributed by atoms with Crippen molar-refractivity contribution in [3.8, 4) is 0 Å². The van der Waals surface area contributed by atoms with Crippen LogP contribution in [0.2, 0.25) is 0 Å². The molecule has 1 aromatic rings. The highest BCUT2D eigenvalue weighted by Gasteiger charge is 2.25. The van der Waals surface area contributed by atoms with E-state index in [1.54, 1.807) is 17.8 Å². The van der Waals surface area contributed by atoms with Gasteiger partial charge in [0.2, 0.25) is 0 Å². The van der Waals surface area contributed by atoms with Crippen LogP contribution in [0.3, 0.4) is 0 Å². The number of hydrogen-bond donors (Lipinski definition) is 3. The molecule has 0 saturated carbocycles. The van der Waals surface area contributed by atoms with Crippen LogP contribution < -0.4 is 10.6 Å². The molecule has 0 radical (unpaired) electrons. The molecule has 1 aromatic heterocycles. The van der Waals surface area contributed by atoms with E-state index in [4.69, 9.17) is 4.74 Å². The number of ether oxygens (including phenoxy) is 1. The Morgan fingerprint density at radius 2 is 2.03 bits per heavy atom. The standard InChI is InChI=1S/C20H38N6O2.HI/c1-6-21-19(23-15-20(4,27)17-12-24-25(5)14-17)22-13-18(11-16(2)3)26-7-9-28-10-8-26;/h12,14,16,18,27H,6-11,13,15H2,1-5H3,(H2,21,22,23);1H. The summed E-state index contributed by atoms with van der Waals surface area (Å²) in [5, 5.41) is 21.7. The Balaban J connectivity index is 0.00000420. The van der Waals surface area contributed by atoms with Crippen LogP contribution in [0.25, 0.3) is 0 Å². The first-order valence-electron chi connectivity index (χ1n) is 10.4. The summed E-state index contributed by atoms with van der Waals surface area (Å²) in [6.07, 6.45) is 4.64. The first-order chi connectivity index (χ1) is 13.3. The van der Waals surface area contributed by atoms with Crippen LogP contribution in [0, 0.1) is 5.92 Å². The second-order valence-electron chi connectivity index (χ2n) is 8.18. The summed E-state index contributed by atoms with van der Waals surface area (Å²) in [6.45, 7) is 13.7. The lowest BCUT2D eigenvalue weighted by Crippen LogP contribution is -2.51. The van der Waals surface area contributed by atoms with Gasteiger partial charge < -0.3 is 20.5 Å². The molecule has 3 N–H and O–H groups in total. The predicted molar refractivity (Wildman–Crippen MR) is 128 cm³/mol. The van der Waals surface area contributed by atoms with Gasteiger partial charge in [-0.05, 0) is 26.2 Å². The maximum absolute atomic E-state index is 10.8. The molecule has 8 nitrogen and oxygen atoms in total. The van der Waals surface area contributed by atoms with Crippen LogP contribution >= 0.6 is 24.0 Å². The third-order valence-corrected chi connectivity index (χ3v) is 5.03. The van der Waals surface area contributed by atoms with Crippen LogP contribution in [-0.2, 0) is 17.4 Å². The maximum atomic E-state index is 10.8. The summed E-state index contributed by atoms with van der Waals surface area (Å²) < 4.78 is 7.20. The Hall–Kier alpha value is -0.910. The van der Waals surface area contributed by atoms with E-state index in [9.17, 15) is 5.11 Å². The Labute approximate surface area is 192 Å². The molecule has 1 fully saturated rings. The first kappa shape index (κ1) is 26.1. The second-order valence-corrected chi connectivity index (χ2v) is 8.18. The number of nitrogens with zero attached hydrogens (tertiary/aromatic N) is 4. The summed E-state index contributed by atoms with van der Waals surface area (Å²) in [7, 11) is 1.84. The molecule has 0 amide bonds. The third kappa shape index (κ3) is 8.77. The first-order valence-corrected chi connectivity index (χ1v) is 10.4. The number of nitrogens with one attached hydrogen (secondary N) is 2. The lowest BCUT2D eigenvalue weighted by Gasteiger charge is -2.35. The lowest BCUT2D eigenvalue weighted by molar-refractivity contribution is 0.0132. The zero-order chi connectivity index (χ0) is 20.6. The molecule has 0 bridgehead atoms. The van der Waals surface area contributed by atoms with E-state index in [-0.39, 0.29) is 30.5 Å². The summed E-state index contributed by atoms with van der Waals surface area (Å²) in [5.41, 5.74) is -0.293. The van der Waals surface area contributed by atoms with E-state index in [0.717, 1.165) is 57.3 Å². The maximum Gasteiger partial charge on any atom is 0.191 e. The number of aliphatic imine (C=N–C) groups is 1. The molecule has 1 aliphatic rings. The van der Waals surface area contributed by atoms with Gasteiger partial charge in [0.1, 0.15) is 5.60 Å². The molecule has 2 atom stereocenters. The predicted octanol–water partition coefficient (Wildman–Crippen LogP) is 1.55. The van der Waals surface area contributed by atoms with Gasteiger partial charge in [-0.2, -0.15) is 5.10 Å². The fraction of sp³-hybridized carbons (Fsp3) is 0.800. The largest absolute Gasteiger partial charge is 0.383 e. The van der Waals surface area contributed by atoms with Gasteiger partial charge >= 0.3 is 0 Å². The van der Waals surface area contributed by atoms with Crippen molar-refractivity contribution in [3.05, 3.63) is 18.0 Å². The highest BCUT2D eigenvalue weighted by atomic mass is 127. The second kappa shape index (κ2) is 12.7. The Morgan fingerprint density at radius 3 is 2.59 bits per heavy atom. The zero-order valence-corrected chi connectivity index (χ0v) is 20.8. The normalized spacial score (nSPS) is 18.8. The fourth-order valence-corrected chi connectivity index (χ4v) is 3.43. The van der Waals surface area contributed by atoms with E-state index in [0.29, 0.717) is 12.0 Å². The van der Waals surface area contributed by atoms with Crippen LogP contribution in [0.15, 0.2) is 17.4 Å². The minimum atomic E-state index is -1.06. The van der Waals surface area contributed by atoms with Crippen LogP contribution in [0.1, 0.15) is 39.7 Å². The summed E-state index contributed by atoms with van der Waals surface area (Å²) in [6, 6.07) is 0.437. The van der Waals surface area contributed by atoms with Crippen LogP contribution in [0.5, 0.6) is 0 Å². The molecule has 9 heteroatoms. The monoisotopic (exact) mass is 522 g/mol. The van der Waals surface area contributed by atoms with Crippen molar-refractivity contribution in [2.24, 2.45) is 18.0 Å². The SMILES string of the molecule is CCNC(=NCC(C)(O)c1cnn(C)c1)NCC(CC(C)C)N1CCOCC1.I. The topological polar surface area (TPSA) is 86.9 Å². The number of guanidine groups is 1. The van der Waals surface area contributed by atoms with Crippen molar-refractivity contribution >= 4 is 29.9 Å². The number of aliphatic hydroxyl groups is 1. The van der Waals surface area contributed by atoms with E-state index < -0.39 is 5.60 Å². The van der Waals surface area contributed by atoms with Gasteiger partial charge in [-0.15, -0.1) is 24.0 Å². The van der Waals surface area contributed by atoms with Crippen LogP contribution in [-0.4, -0.2) is 77.7 Å². The highest BCUT2D eigenvalue weighted by Crippen LogP contribution is 2.20. The zero-order valence-electron chi connectivity index (χ0n) is 18.5. The van der Waals surface area contributed by atoms with Crippen molar-refractivity contribution in [1.29, 1.82) is 0 Å². The molecule has 0 aromatic carbocycles. The average Bonchev–Trinajstić information content (AvgIpc) is 3.10. The molecule has 1 aliphatic heterocycles. The van der Waals surface area contributed by atoms with E-state index in [2.05, 4.69) is 39.5 Å². The van der Waals surface area contributed by atoms with Gasteiger partial charge in [0.05, 0.1) is 26.0 Å². The van der Waals surface area contributed by atoms with Crippen molar-refractivity contribution in [2.45, 2.75) is 45.8 Å². The highest BCUT2D eigenvalue weighted by molar-refractivity contribution is 14.0. The molecular formula is C20H39IN6O2. The smallest absolute Gasteiger partial charge is 0.191 e. The van der Waals surface area contributed by atoms with Gasteiger partial charge in [-0.1, -0.05) is 13.8 Å². The molecule has 2 heterocycles. The quantitative estimate of drug-likeness (QED) is 0.259. The number of halogens is 1. The molecule has 2 unspecified atom stereocenters. The van der Waals surface area contributed by atoms with Gasteiger partial charge in [0.25, 0.3) is 0 Å². The molecular weight excluding hydrogens is 483 g/mol. The number of hydrogen-bond acceptors (Lipinski definition) is 5. The minimum Gasteiger partial charge on any atom is -0.383 e. The average molecular weight is 522 g/mol. The van der Waals surface area contributed by atoms with Gasteiger partial charge in [0, 0.05) is 51.0 Å². The Kier molecular flexibility index (Phi) is 11.4.